The van der Waals surface area contributed by atoms with Crippen molar-refractivity contribution in [3.63, 3.8) is 0 Å². The van der Waals surface area contributed by atoms with Gasteiger partial charge in [0.2, 0.25) is 0 Å². The lowest BCUT2D eigenvalue weighted by molar-refractivity contribution is -0.00548. The molecule has 2 rings (SSSR count). The first-order chi connectivity index (χ1) is 8.75. The number of nitrogens with two attached hydrogens (primary N) is 1. The Kier molecular flexibility index (Phi) is 3.67. The molecule has 1 aromatic heterocycles. The molecule has 106 valence electrons. The monoisotopic (exact) mass is 264 g/mol. The molecule has 5 heteroatoms. The first kappa shape index (κ1) is 14.1. The van der Waals surface area contributed by atoms with Crippen LogP contribution in [0.3, 0.4) is 0 Å². The van der Waals surface area contributed by atoms with Crippen molar-refractivity contribution in [3.05, 3.63) is 11.9 Å². The van der Waals surface area contributed by atoms with E-state index in [1.54, 1.807) is 0 Å². The number of nitrogens with zero attached hydrogens (tertiary/aromatic N) is 3. The second-order valence-corrected chi connectivity index (χ2v) is 6.39. The van der Waals surface area contributed by atoms with Crippen molar-refractivity contribution in [1.29, 1.82) is 0 Å². The Morgan fingerprint density at radius 1 is 1.21 bits per heavy atom. The quantitative estimate of drug-likeness (QED) is 0.840. The maximum atomic E-state index is 5.92. The Balaban J connectivity index is 2.31. The van der Waals surface area contributed by atoms with Crippen molar-refractivity contribution in [3.8, 4) is 0 Å². The fraction of sp³-hybridized carbons (Fsp3) is 0.714. The lowest BCUT2D eigenvalue weighted by atomic mass is 9.96. The molecule has 2 heterocycles. The fourth-order valence-corrected chi connectivity index (χ4v) is 2.31. The van der Waals surface area contributed by atoms with Crippen LogP contribution in [0.1, 0.15) is 40.4 Å². The Hall–Kier alpha value is -1.36. The standard InChI is InChI=1S/C14H24N4O/c1-9-7-18(8-10(2)19-9)12-6-11(15)16-13(17-12)14(3,4)5/h6,9-10H,7-8H2,1-5H3,(H2,15,16,17)/t9-,10+. The van der Waals surface area contributed by atoms with E-state index in [9.17, 15) is 0 Å². The van der Waals surface area contributed by atoms with Crippen LogP contribution < -0.4 is 10.6 Å². The molecule has 0 spiro atoms. The minimum atomic E-state index is -0.104. The highest BCUT2D eigenvalue weighted by Crippen LogP contribution is 2.25. The highest BCUT2D eigenvalue weighted by Gasteiger charge is 2.25. The number of hydrogen-bond acceptors (Lipinski definition) is 5. The van der Waals surface area contributed by atoms with Crippen LogP contribution in [0.25, 0.3) is 0 Å². The zero-order chi connectivity index (χ0) is 14.2. The van der Waals surface area contributed by atoms with Crippen LogP contribution in [0, 0.1) is 0 Å². The molecule has 5 nitrogen and oxygen atoms in total. The predicted molar refractivity (Wildman–Crippen MR) is 77.4 cm³/mol. The molecule has 0 aromatic carbocycles. The van der Waals surface area contributed by atoms with Gasteiger partial charge in [-0.25, -0.2) is 9.97 Å². The molecule has 0 saturated carbocycles. The van der Waals surface area contributed by atoms with Gasteiger partial charge in [-0.3, -0.25) is 0 Å². The number of anilines is 2. The number of aromatic nitrogens is 2. The minimum Gasteiger partial charge on any atom is -0.384 e. The molecule has 1 aliphatic rings. The van der Waals surface area contributed by atoms with Crippen molar-refractivity contribution in [2.45, 2.75) is 52.2 Å². The van der Waals surface area contributed by atoms with E-state index < -0.39 is 0 Å². The normalized spacial score (nSPS) is 24.6. The second kappa shape index (κ2) is 4.96. The molecule has 1 fully saturated rings. The number of nitrogen functional groups attached to an aromatic ring is 1. The van der Waals surface area contributed by atoms with Crippen molar-refractivity contribution < 1.29 is 4.74 Å². The number of rotatable bonds is 1. The second-order valence-electron chi connectivity index (χ2n) is 6.39. The van der Waals surface area contributed by atoms with E-state index in [1.807, 2.05) is 6.07 Å². The molecule has 0 amide bonds. The minimum absolute atomic E-state index is 0.104. The average Bonchev–Trinajstić information content (AvgIpc) is 2.25. The zero-order valence-corrected chi connectivity index (χ0v) is 12.5. The summed E-state index contributed by atoms with van der Waals surface area (Å²) in [5.41, 5.74) is 5.82. The molecule has 0 unspecified atom stereocenters. The average molecular weight is 264 g/mol. The van der Waals surface area contributed by atoms with E-state index in [2.05, 4.69) is 49.5 Å². The first-order valence-corrected chi connectivity index (χ1v) is 6.81. The molecule has 2 atom stereocenters. The van der Waals surface area contributed by atoms with Gasteiger partial charge in [0, 0.05) is 24.6 Å². The summed E-state index contributed by atoms with van der Waals surface area (Å²) in [6, 6.07) is 1.85. The fourth-order valence-electron chi connectivity index (χ4n) is 2.31. The van der Waals surface area contributed by atoms with Gasteiger partial charge in [-0.1, -0.05) is 20.8 Å². The van der Waals surface area contributed by atoms with Crippen LogP contribution in [0.2, 0.25) is 0 Å². The van der Waals surface area contributed by atoms with Crippen LogP contribution in [0.15, 0.2) is 6.07 Å². The summed E-state index contributed by atoms with van der Waals surface area (Å²) in [4.78, 5) is 11.3. The Bertz CT molecular complexity index is 445. The number of ether oxygens (including phenoxy) is 1. The van der Waals surface area contributed by atoms with Crippen molar-refractivity contribution in [2.75, 3.05) is 23.7 Å². The van der Waals surface area contributed by atoms with E-state index in [4.69, 9.17) is 10.5 Å². The number of morpholine rings is 1. The maximum absolute atomic E-state index is 5.92. The Labute approximate surface area is 115 Å². The molecule has 1 aromatic rings. The van der Waals surface area contributed by atoms with Crippen LogP contribution >= 0.6 is 0 Å². The molecule has 0 bridgehead atoms. The third-order valence-electron chi connectivity index (χ3n) is 3.15. The summed E-state index contributed by atoms with van der Waals surface area (Å²) in [6.07, 6.45) is 0.413. The summed E-state index contributed by atoms with van der Waals surface area (Å²) in [5, 5.41) is 0. The van der Waals surface area contributed by atoms with Crippen molar-refractivity contribution >= 4 is 11.6 Å². The molecule has 0 radical (unpaired) electrons. The molecule has 2 N–H and O–H groups in total. The lowest BCUT2D eigenvalue weighted by Gasteiger charge is -2.36. The van der Waals surface area contributed by atoms with Gasteiger partial charge >= 0.3 is 0 Å². The highest BCUT2D eigenvalue weighted by atomic mass is 16.5. The Morgan fingerprint density at radius 2 is 1.79 bits per heavy atom. The maximum Gasteiger partial charge on any atom is 0.138 e. The van der Waals surface area contributed by atoms with Crippen LogP contribution in [0.5, 0.6) is 0 Å². The van der Waals surface area contributed by atoms with Crippen molar-refractivity contribution in [1.82, 2.24) is 9.97 Å². The van der Waals surface area contributed by atoms with E-state index in [0.717, 1.165) is 24.7 Å². The van der Waals surface area contributed by atoms with Gasteiger partial charge in [0.25, 0.3) is 0 Å². The summed E-state index contributed by atoms with van der Waals surface area (Å²) < 4.78 is 5.75. The van der Waals surface area contributed by atoms with Gasteiger partial charge in [0.15, 0.2) is 0 Å². The van der Waals surface area contributed by atoms with E-state index in [0.29, 0.717) is 5.82 Å². The van der Waals surface area contributed by atoms with Crippen LogP contribution in [0.4, 0.5) is 11.6 Å². The lowest BCUT2D eigenvalue weighted by Crippen LogP contribution is -2.46. The molecule has 0 aliphatic carbocycles. The zero-order valence-electron chi connectivity index (χ0n) is 12.5. The third kappa shape index (κ3) is 3.35. The van der Waals surface area contributed by atoms with Crippen molar-refractivity contribution in [2.24, 2.45) is 0 Å². The molecular weight excluding hydrogens is 240 g/mol. The van der Waals surface area contributed by atoms with E-state index >= 15 is 0 Å². The SMILES string of the molecule is C[C@@H]1CN(c2cc(N)nc(C(C)(C)C)n2)C[C@H](C)O1. The van der Waals surface area contributed by atoms with Gasteiger partial charge in [0.05, 0.1) is 12.2 Å². The van der Waals surface area contributed by atoms with Gasteiger partial charge in [0.1, 0.15) is 17.5 Å². The summed E-state index contributed by atoms with van der Waals surface area (Å²) >= 11 is 0. The van der Waals surface area contributed by atoms with Gasteiger partial charge in [-0.05, 0) is 13.8 Å². The topological polar surface area (TPSA) is 64.3 Å². The first-order valence-electron chi connectivity index (χ1n) is 6.81. The third-order valence-corrected chi connectivity index (χ3v) is 3.15. The van der Waals surface area contributed by atoms with E-state index in [1.165, 1.54) is 0 Å². The molecule has 1 saturated heterocycles. The van der Waals surface area contributed by atoms with Crippen LogP contribution in [-0.4, -0.2) is 35.3 Å². The molecule has 19 heavy (non-hydrogen) atoms. The summed E-state index contributed by atoms with van der Waals surface area (Å²) in [6.45, 7) is 12.1. The smallest absolute Gasteiger partial charge is 0.138 e. The highest BCUT2D eigenvalue weighted by molar-refractivity contribution is 5.48. The van der Waals surface area contributed by atoms with Gasteiger partial charge in [-0.15, -0.1) is 0 Å². The molecule has 1 aliphatic heterocycles. The van der Waals surface area contributed by atoms with E-state index in [-0.39, 0.29) is 17.6 Å². The predicted octanol–water partition coefficient (Wildman–Crippen LogP) is 1.97. The van der Waals surface area contributed by atoms with Gasteiger partial charge < -0.3 is 15.4 Å². The van der Waals surface area contributed by atoms with Crippen LogP contribution in [-0.2, 0) is 10.2 Å². The summed E-state index contributed by atoms with van der Waals surface area (Å²) in [7, 11) is 0. The van der Waals surface area contributed by atoms with Gasteiger partial charge in [-0.2, -0.15) is 0 Å². The number of hydrogen-bond donors (Lipinski definition) is 1. The molecular formula is C14H24N4O. The largest absolute Gasteiger partial charge is 0.384 e. The summed E-state index contributed by atoms with van der Waals surface area (Å²) in [5.74, 6) is 2.22. The Morgan fingerprint density at radius 3 is 2.32 bits per heavy atom.